The lowest BCUT2D eigenvalue weighted by Gasteiger charge is -2.15. The van der Waals surface area contributed by atoms with E-state index in [1.807, 2.05) is 0 Å². The summed E-state index contributed by atoms with van der Waals surface area (Å²) >= 11 is 6.01. The summed E-state index contributed by atoms with van der Waals surface area (Å²) in [5.41, 5.74) is -0.230. The number of aromatic carboxylic acids is 1. The van der Waals surface area contributed by atoms with Gasteiger partial charge in [0.25, 0.3) is 5.69 Å². The molecule has 1 aromatic rings. The van der Waals surface area contributed by atoms with Crippen LogP contribution in [0.1, 0.15) is 36.5 Å². The van der Waals surface area contributed by atoms with E-state index in [1.54, 1.807) is 0 Å². The summed E-state index contributed by atoms with van der Waals surface area (Å²) < 4.78 is 0. The van der Waals surface area contributed by atoms with Gasteiger partial charge in [-0.15, -0.1) is 0 Å². The molecule has 0 aliphatic heterocycles. The van der Waals surface area contributed by atoms with Gasteiger partial charge in [0, 0.05) is 18.7 Å². The van der Waals surface area contributed by atoms with Crippen LogP contribution >= 0.6 is 11.6 Å². The quantitative estimate of drug-likeness (QED) is 0.637. The van der Waals surface area contributed by atoms with Crippen LogP contribution in [0.15, 0.2) is 12.1 Å². The fourth-order valence-corrected chi connectivity index (χ4v) is 3.08. The van der Waals surface area contributed by atoms with Crippen LogP contribution < -0.4 is 5.32 Å². The van der Waals surface area contributed by atoms with E-state index in [4.69, 9.17) is 11.6 Å². The molecule has 0 spiro atoms. The van der Waals surface area contributed by atoms with Crippen LogP contribution in [-0.4, -0.2) is 22.5 Å². The van der Waals surface area contributed by atoms with Crippen molar-refractivity contribution in [2.45, 2.75) is 26.2 Å². The van der Waals surface area contributed by atoms with Crippen LogP contribution in [0, 0.1) is 22.0 Å². The third kappa shape index (κ3) is 3.64. The smallest absolute Gasteiger partial charge is 0.338 e. The van der Waals surface area contributed by atoms with Crippen molar-refractivity contribution in [3.05, 3.63) is 32.8 Å². The average molecular weight is 313 g/mol. The molecule has 1 aliphatic carbocycles. The summed E-state index contributed by atoms with van der Waals surface area (Å²) in [6.07, 6.45) is 3.37. The largest absolute Gasteiger partial charge is 0.478 e. The predicted octanol–water partition coefficient (Wildman–Crippen LogP) is 3.79. The molecule has 1 aliphatic rings. The highest BCUT2D eigenvalue weighted by molar-refractivity contribution is 6.34. The number of anilines is 1. The van der Waals surface area contributed by atoms with E-state index in [-0.39, 0.29) is 22.0 Å². The first-order valence-corrected chi connectivity index (χ1v) is 7.21. The Balaban J connectivity index is 2.21. The molecule has 0 aromatic heterocycles. The van der Waals surface area contributed by atoms with E-state index in [0.717, 1.165) is 18.9 Å². The Hall–Kier alpha value is -1.82. The van der Waals surface area contributed by atoms with Crippen molar-refractivity contribution in [2.24, 2.45) is 11.8 Å². The highest BCUT2D eigenvalue weighted by Gasteiger charge is 2.24. The summed E-state index contributed by atoms with van der Waals surface area (Å²) in [6, 6.07) is 2.21. The molecular formula is C14H17ClN2O4. The second kappa shape index (κ2) is 6.30. The highest BCUT2D eigenvalue weighted by atomic mass is 35.5. The van der Waals surface area contributed by atoms with Gasteiger partial charge in [0.2, 0.25) is 0 Å². The maximum absolute atomic E-state index is 11.3. The third-order valence-electron chi connectivity index (χ3n) is 3.89. The van der Waals surface area contributed by atoms with E-state index in [1.165, 1.54) is 12.5 Å². The van der Waals surface area contributed by atoms with Gasteiger partial charge in [0.05, 0.1) is 21.2 Å². The molecule has 2 rings (SSSR count). The number of rotatable bonds is 5. The molecule has 1 saturated carbocycles. The lowest BCUT2D eigenvalue weighted by Crippen LogP contribution is -2.14. The molecule has 0 amide bonds. The Labute approximate surface area is 127 Å². The normalized spacial score (nSPS) is 21.2. The number of nitro groups is 1. The first-order chi connectivity index (χ1) is 9.88. The van der Waals surface area contributed by atoms with Crippen molar-refractivity contribution in [3.8, 4) is 0 Å². The minimum Gasteiger partial charge on any atom is -0.478 e. The second-order valence-electron chi connectivity index (χ2n) is 5.58. The van der Waals surface area contributed by atoms with Gasteiger partial charge in [0.15, 0.2) is 0 Å². The van der Waals surface area contributed by atoms with Crippen molar-refractivity contribution in [3.63, 3.8) is 0 Å². The number of carbonyl (C=O) groups is 1. The molecule has 2 N–H and O–H groups in total. The SMILES string of the molecule is CC1CCC(CNc2c(Cl)cc([N+](=O)[O-])cc2C(=O)O)C1. The lowest BCUT2D eigenvalue weighted by atomic mass is 10.1. The van der Waals surface area contributed by atoms with E-state index < -0.39 is 10.9 Å². The number of carboxylic acid groups (broad SMARTS) is 1. The molecule has 21 heavy (non-hydrogen) atoms. The number of nitrogens with zero attached hydrogens (tertiary/aromatic N) is 1. The van der Waals surface area contributed by atoms with Crippen LogP contribution in [0.2, 0.25) is 5.02 Å². The lowest BCUT2D eigenvalue weighted by molar-refractivity contribution is -0.384. The number of benzene rings is 1. The molecule has 2 unspecified atom stereocenters. The fourth-order valence-electron chi connectivity index (χ4n) is 2.80. The maximum Gasteiger partial charge on any atom is 0.338 e. The fraction of sp³-hybridized carbons (Fsp3) is 0.500. The van der Waals surface area contributed by atoms with Crippen LogP contribution in [-0.2, 0) is 0 Å². The van der Waals surface area contributed by atoms with Crippen LogP contribution in [0.3, 0.4) is 0 Å². The number of halogens is 1. The standard InChI is InChI=1S/C14H17ClN2O4/c1-8-2-3-9(4-8)7-16-13-11(14(18)19)5-10(17(20)21)6-12(13)15/h5-6,8-9,16H,2-4,7H2,1H3,(H,18,19). The van der Waals surface area contributed by atoms with E-state index >= 15 is 0 Å². The Morgan fingerprint density at radius 2 is 2.24 bits per heavy atom. The number of non-ortho nitro benzene ring substituents is 1. The van der Waals surface area contributed by atoms with Crippen molar-refractivity contribution >= 4 is 28.9 Å². The van der Waals surface area contributed by atoms with E-state index in [9.17, 15) is 20.0 Å². The van der Waals surface area contributed by atoms with E-state index in [0.29, 0.717) is 18.4 Å². The first kappa shape index (κ1) is 15.6. The van der Waals surface area contributed by atoms with Crippen molar-refractivity contribution in [2.75, 3.05) is 11.9 Å². The molecule has 7 heteroatoms. The molecule has 0 radical (unpaired) electrons. The highest BCUT2D eigenvalue weighted by Crippen LogP contribution is 2.34. The first-order valence-electron chi connectivity index (χ1n) is 6.83. The molecule has 2 atom stereocenters. The Bertz CT molecular complexity index is 576. The van der Waals surface area contributed by atoms with Gasteiger partial charge in [-0.1, -0.05) is 24.9 Å². The summed E-state index contributed by atoms with van der Waals surface area (Å²) in [5.74, 6) is -0.0705. The minimum absolute atomic E-state index is 0.0626. The number of carboxylic acids is 1. The summed E-state index contributed by atoms with van der Waals surface area (Å²) in [6.45, 7) is 2.82. The van der Waals surface area contributed by atoms with E-state index in [2.05, 4.69) is 12.2 Å². The van der Waals surface area contributed by atoms with Gasteiger partial charge < -0.3 is 10.4 Å². The predicted molar refractivity (Wildman–Crippen MR) is 80.1 cm³/mol. The monoisotopic (exact) mass is 312 g/mol. The van der Waals surface area contributed by atoms with Gasteiger partial charge in [-0.25, -0.2) is 4.79 Å². The number of nitro benzene ring substituents is 1. The maximum atomic E-state index is 11.3. The van der Waals surface area contributed by atoms with Gasteiger partial charge in [-0.2, -0.15) is 0 Å². The number of nitrogens with one attached hydrogen (secondary N) is 1. The average Bonchev–Trinajstić information content (AvgIpc) is 2.82. The molecule has 1 aromatic carbocycles. The third-order valence-corrected chi connectivity index (χ3v) is 4.19. The molecule has 0 heterocycles. The van der Waals surface area contributed by atoms with Crippen LogP contribution in [0.4, 0.5) is 11.4 Å². The second-order valence-corrected chi connectivity index (χ2v) is 5.98. The van der Waals surface area contributed by atoms with Gasteiger partial charge >= 0.3 is 5.97 Å². The molecular weight excluding hydrogens is 296 g/mol. The summed E-state index contributed by atoms with van der Waals surface area (Å²) in [7, 11) is 0. The van der Waals surface area contributed by atoms with Crippen molar-refractivity contribution in [1.82, 2.24) is 0 Å². The minimum atomic E-state index is -1.23. The summed E-state index contributed by atoms with van der Waals surface area (Å²) in [5, 5.41) is 23.1. The zero-order valence-electron chi connectivity index (χ0n) is 11.6. The molecule has 6 nitrogen and oxygen atoms in total. The molecule has 0 saturated heterocycles. The Kier molecular flexibility index (Phi) is 4.67. The number of hydrogen-bond donors (Lipinski definition) is 2. The van der Waals surface area contributed by atoms with Gasteiger partial charge in [-0.05, 0) is 24.7 Å². The molecule has 114 valence electrons. The zero-order chi connectivity index (χ0) is 15.6. The molecule has 0 bridgehead atoms. The van der Waals surface area contributed by atoms with Crippen LogP contribution in [0.5, 0.6) is 0 Å². The zero-order valence-corrected chi connectivity index (χ0v) is 12.4. The van der Waals surface area contributed by atoms with Crippen molar-refractivity contribution < 1.29 is 14.8 Å². The topological polar surface area (TPSA) is 92.5 Å². The number of hydrogen-bond acceptors (Lipinski definition) is 4. The molecule has 1 fully saturated rings. The van der Waals surface area contributed by atoms with Gasteiger partial charge in [-0.3, -0.25) is 10.1 Å². The Morgan fingerprint density at radius 1 is 1.52 bits per heavy atom. The Morgan fingerprint density at radius 3 is 2.76 bits per heavy atom. The summed E-state index contributed by atoms with van der Waals surface area (Å²) in [4.78, 5) is 21.4. The van der Waals surface area contributed by atoms with Crippen LogP contribution in [0.25, 0.3) is 0 Å². The van der Waals surface area contributed by atoms with Gasteiger partial charge in [0.1, 0.15) is 0 Å². The van der Waals surface area contributed by atoms with Crippen molar-refractivity contribution in [1.29, 1.82) is 0 Å².